The molecule has 0 aliphatic rings. The van der Waals surface area contributed by atoms with Gasteiger partial charge in [0.15, 0.2) is 0 Å². The summed E-state index contributed by atoms with van der Waals surface area (Å²) in [4.78, 5) is 20.3. The van der Waals surface area contributed by atoms with E-state index in [1.165, 1.54) is 0 Å². The minimum atomic E-state index is -0.140. The average Bonchev–Trinajstić information content (AvgIpc) is 2.42. The number of amides is 1. The number of nitrogens with two attached hydrogens (primary N) is 1. The lowest BCUT2D eigenvalue weighted by Crippen LogP contribution is -2.41. The number of hydrogen-bond donors (Lipinski definition) is 1. The van der Waals surface area contributed by atoms with Crippen LogP contribution < -0.4 is 5.73 Å². The molecule has 1 atom stereocenters. The van der Waals surface area contributed by atoms with Crippen LogP contribution in [0.25, 0.3) is 0 Å². The predicted octanol–water partition coefficient (Wildman–Crippen LogP) is 0.567. The van der Waals surface area contributed by atoms with Gasteiger partial charge in [-0.1, -0.05) is 13.0 Å². The van der Waals surface area contributed by atoms with Crippen LogP contribution >= 0.6 is 0 Å². The van der Waals surface area contributed by atoms with E-state index in [-0.39, 0.29) is 11.8 Å². The Balaban J connectivity index is 2.71. The molecule has 0 bridgehead atoms. The summed E-state index contributed by atoms with van der Waals surface area (Å²) in [6.45, 7) is 4.37. The third-order valence-corrected chi connectivity index (χ3v) is 3.00. The van der Waals surface area contributed by atoms with Gasteiger partial charge in [-0.3, -0.25) is 9.78 Å². The zero-order valence-electron chi connectivity index (χ0n) is 12.0. The summed E-state index contributed by atoms with van der Waals surface area (Å²) in [7, 11) is 4.00. The van der Waals surface area contributed by atoms with Crippen LogP contribution in [0.2, 0.25) is 0 Å². The molecule has 1 aromatic rings. The molecule has 5 heteroatoms. The third-order valence-electron chi connectivity index (χ3n) is 3.00. The molecular formula is C14H24N4O. The summed E-state index contributed by atoms with van der Waals surface area (Å²) >= 11 is 0. The molecule has 2 N–H and O–H groups in total. The maximum Gasteiger partial charge on any atom is 0.227 e. The number of nitrogens with zero attached hydrogens (tertiary/aromatic N) is 3. The molecule has 0 aliphatic heterocycles. The van der Waals surface area contributed by atoms with Crippen molar-refractivity contribution >= 4 is 5.91 Å². The molecule has 5 nitrogen and oxygen atoms in total. The third kappa shape index (κ3) is 5.36. The molecule has 0 aromatic carbocycles. The van der Waals surface area contributed by atoms with Crippen LogP contribution in [0.3, 0.4) is 0 Å². The predicted molar refractivity (Wildman–Crippen MR) is 76.4 cm³/mol. The van der Waals surface area contributed by atoms with Gasteiger partial charge in [-0.05, 0) is 25.7 Å². The summed E-state index contributed by atoms with van der Waals surface area (Å²) in [5.74, 6) is -0.0352. The van der Waals surface area contributed by atoms with Gasteiger partial charge in [0.25, 0.3) is 0 Å². The quantitative estimate of drug-likeness (QED) is 0.782. The van der Waals surface area contributed by atoms with E-state index in [1.54, 1.807) is 12.4 Å². The highest BCUT2D eigenvalue weighted by molar-refractivity contribution is 5.78. The number of pyridine rings is 1. The molecule has 0 saturated carbocycles. The fourth-order valence-corrected chi connectivity index (χ4v) is 1.71. The van der Waals surface area contributed by atoms with Crippen LogP contribution in [0, 0.1) is 5.92 Å². The van der Waals surface area contributed by atoms with Gasteiger partial charge >= 0.3 is 0 Å². The standard InChI is InChI=1S/C14H24N4O/c1-12(9-15)14(19)18(8-7-17(2)3)11-13-5-4-6-16-10-13/h4-6,10,12H,7-9,11,15H2,1-3H3. The fourth-order valence-electron chi connectivity index (χ4n) is 1.71. The van der Waals surface area contributed by atoms with Gasteiger partial charge in [-0.2, -0.15) is 0 Å². The molecule has 19 heavy (non-hydrogen) atoms. The maximum absolute atomic E-state index is 12.3. The molecule has 0 aliphatic carbocycles. The van der Waals surface area contributed by atoms with Crippen molar-refractivity contribution in [2.45, 2.75) is 13.5 Å². The molecule has 1 heterocycles. The summed E-state index contributed by atoms with van der Waals surface area (Å²) in [5.41, 5.74) is 6.63. The number of aromatic nitrogens is 1. The van der Waals surface area contributed by atoms with Gasteiger partial charge in [0, 0.05) is 44.5 Å². The Hall–Kier alpha value is -1.46. The van der Waals surface area contributed by atoms with E-state index < -0.39 is 0 Å². The smallest absolute Gasteiger partial charge is 0.227 e. The monoisotopic (exact) mass is 264 g/mol. The fraction of sp³-hybridized carbons (Fsp3) is 0.571. The van der Waals surface area contributed by atoms with Gasteiger partial charge in [0.05, 0.1) is 0 Å². The molecule has 1 amide bonds. The Kier molecular flexibility index (Phi) is 6.45. The average molecular weight is 264 g/mol. The van der Waals surface area contributed by atoms with Crippen molar-refractivity contribution in [3.05, 3.63) is 30.1 Å². The van der Waals surface area contributed by atoms with Crippen molar-refractivity contribution in [1.29, 1.82) is 0 Å². The minimum Gasteiger partial charge on any atom is -0.337 e. The lowest BCUT2D eigenvalue weighted by molar-refractivity contribution is -0.135. The van der Waals surface area contributed by atoms with E-state index in [1.807, 2.05) is 38.1 Å². The van der Waals surface area contributed by atoms with Crippen molar-refractivity contribution in [2.24, 2.45) is 11.7 Å². The van der Waals surface area contributed by atoms with Crippen LogP contribution in [0.4, 0.5) is 0 Å². The van der Waals surface area contributed by atoms with Gasteiger partial charge in [0.2, 0.25) is 5.91 Å². The first-order valence-electron chi connectivity index (χ1n) is 6.57. The van der Waals surface area contributed by atoms with Crippen molar-refractivity contribution in [3.8, 4) is 0 Å². The molecule has 0 saturated heterocycles. The molecule has 1 unspecified atom stereocenters. The van der Waals surface area contributed by atoms with Gasteiger partial charge in [-0.25, -0.2) is 0 Å². The molecule has 0 radical (unpaired) electrons. The van der Waals surface area contributed by atoms with Crippen LogP contribution in [0.5, 0.6) is 0 Å². The Morgan fingerprint density at radius 1 is 1.42 bits per heavy atom. The zero-order valence-corrected chi connectivity index (χ0v) is 12.0. The lowest BCUT2D eigenvalue weighted by atomic mass is 10.1. The van der Waals surface area contributed by atoms with Crippen LogP contribution in [-0.2, 0) is 11.3 Å². The number of hydrogen-bond acceptors (Lipinski definition) is 4. The van der Waals surface area contributed by atoms with Crippen molar-refractivity contribution in [3.63, 3.8) is 0 Å². The lowest BCUT2D eigenvalue weighted by Gasteiger charge is -2.26. The number of carbonyl (C=O) groups is 1. The van der Waals surface area contributed by atoms with Crippen molar-refractivity contribution in [1.82, 2.24) is 14.8 Å². The van der Waals surface area contributed by atoms with Gasteiger partial charge in [0.1, 0.15) is 0 Å². The number of carbonyl (C=O) groups excluding carboxylic acids is 1. The van der Waals surface area contributed by atoms with Gasteiger partial charge < -0.3 is 15.5 Å². The van der Waals surface area contributed by atoms with Crippen molar-refractivity contribution in [2.75, 3.05) is 33.7 Å². The topological polar surface area (TPSA) is 62.5 Å². The first-order chi connectivity index (χ1) is 9.04. The molecule has 106 valence electrons. The molecule has 1 rings (SSSR count). The second kappa shape index (κ2) is 7.86. The van der Waals surface area contributed by atoms with Gasteiger partial charge in [-0.15, -0.1) is 0 Å². The Morgan fingerprint density at radius 3 is 2.68 bits per heavy atom. The number of likely N-dealkylation sites (N-methyl/N-ethyl adjacent to an activating group) is 1. The molecule has 1 aromatic heterocycles. The largest absolute Gasteiger partial charge is 0.337 e. The van der Waals surface area contributed by atoms with Crippen molar-refractivity contribution < 1.29 is 4.79 Å². The first kappa shape index (κ1) is 15.6. The maximum atomic E-state index is 12.3. The summed E-state index contributed by atoms with van der Waals surface area (Å²) in [6.07, 6.45) is 3.53. The second-order valence-electron chi connectivity index (χ2n) is 5.06. The zero-order chi connectivity index (χ0) is 14.3. The Bertz CT molecular complexity index is 380. The van der Waals surface area contributed by atoms with E-state index in [2.05, 4.69) is 9.88 Å². The highest BCUT2D eigenvalue weighted by atomic mass is 16.2. The van der Waals surface area contributed by atoms with Crippen LogP contribution in [0.15, 0.2) is 24.5 Å². The molecular weight excluding hydrogens is 240 g/mol. The second-order valence-corrected chi connectivity index (χ2v) is 5.06. The Morgan fingerprint density at radius 2 is 2.16 bits per heavy atom. The summed E-state index contributed by atoms with van der Waals surface area (Å²) < 4.78 is 0. The highest BCUT2D eigenvalue weighted by Crippen LogP contribution is 2.07. The summed E-state index contributed by atoms with van der Waals surface area (Å²) in [6, 6.07) is 3.87. The SMILES string of the molecule is CC(CN)C(=O)N(CCN(C)C)Cc1cccnc1. The summed E-state index contributed by atoms with van der Waals surface area (Å²) in [5, 5.41) is 0. The highest BCUT2D eigenvalue weighted by Gasteiger charge is 2.19. The van der Waals surface area contributed by atoms with Crippen LogP contribution in [-0.4, -0.2) is 54.4 Å². The number of rotatable bonds is 7. The van der Waals surface area contributed by atoms with E-state index >= 15 is 0 Å². The van der Waals surface area contributed by atoms with E-state index in [0.717, 1.165) is 12.1 Å². The first-order valence-corrected chi connectivity index (χ1v) is 6.57. The van der Waals surface area contributed by atoms with Crippen LogP contribution in [0.1, 0.15) is 12.5 Å². The molecule has 0 spiro atoms. The van der Waals surface area contributed by atoms with E-state index in [4.69, 9.17) is 5.73 Å². The Labute approximate surface area is 115 Å². The van der Waals surface area contributed by atoms with E-state index in [0.29, 0.717) is 19.6 Å². The van der Waals surface area contributed by atoms with E-state index in [9.17, 15) is 4.79 Å². The normalized spacial score (nSPS) is 12.5. The molecule has 0 fully saturated rings. The minimum absolute atomic E-state index is 0.105.